The van der Waals surface area contributed by atoms with Crippen LogP contribution in [0.1, 0.15) is 11.1 Å². The van der Waals surface area contributed by atoms with Crippen molar-refractivity contribution in [3.63, 3.8) is 0 Å². The van der Waals surface area contributed by atoms with Crippen LogP contribution in [-0.2, 0) is 0 Å². The Bertz CT molecular complexity index is 532. The molecule has 1 aromatic heterocycles. The summed E-state index contributed by atoms with van der Waals surface area (Å²) in [6.45, 7) is 1.99. The molecule has 0 fully saturated rings. The van der Waals surface area contributed by atoms with Crippen molar-refractivity contribution < 1.29 is 0 Å². The van der Waals surface area contributed by atoms with Gasteiger partial charge in [-0.1, -0.05) is 23.9 Å². The molecule has 1 aromatic carbocycles. The lowest BCUT2D eigenvalue weighted by Gasteiger charge is -2.06. The summed E-state index contributed by atoms with van der Waals surface area (Å²) < 4.78 is 0. The molecular weight excluding hydrogens is 218 g/mol. The Balaban J connectivity index is 2.39. The van der Waals surface area contributed by atoms with Gasteiger partial charge in [0.2, 0.25) is 0 Å². The molecule has 0 N–H and O–H groups in total. The monoisotopic (exact) mass is 227 g/mol. The predicted molar refractivity (Wildman–Crippen MR) is 62.0 cm³/mol. The maximum Gasteiger partial charge on any atom is 0.116 e. The van der Waals surface area contributed by atoms with E-state index in [9.17, 15) is 0 Å². The van der Waals surface area contributed by atoms with Gasteiger partial charge in [0, 0.05) is 11.1 Å². The average Bonchev–Trinajstić information content (AvgIpc) is 2.33. The zero-order chi connectivity index (χ0) is 11.4. The SMILES string of the molecule is Cc1cccc(C#N)c1Sc1ccncn1. The molecule has 1 heterocycles. The van der Waals surface area contributed by atoms with Gasteiger partial charge in [0.05, 0.1) is 5.56 Å². The smallest absolute Gasteiger partial charge is 0.116 e. The van der Waals surface area contributed by atoms with E-state index in [0.717, 1.165) is 15.5 Å². The van der Waals surface area contributed by atoms with Gasteiger partial charge in [-0.05, 0) is 24.6 Å². The first-order valence-corrected chi connectivity index (χ1v) is 5.56. The molecule has 0 saturated heterocycles. The van der Waals surface area contributed by atoms with Crippen molar-refractivity contribution in [2.45, 2.75) is 16.8 Å². The zero-order valence-corrected chi connectivity index (χ0v) is 9.53. The van der Waals surface area contributed by atoms with Gasteiger partial charge in [0.25, 0.3) is 0 Å². The van der Waals surface area contributed by atoms with Gasteiger partial charge < -0.3 is 0 Å². The van der Waals surface area contributed by atoms with Crippen molar-refractivity contribution >= 4 is 11.8 Å². The number of benzene rings is 1. The third kappa shape index (κ3) is 2.20. The van der Waals surface area contributed by atoms with Gasteiger partial charge in [-0.25, -0.2) is 9.97 Å². The fourth-order valence-corrected chi connectivity index (χ4v) is 2.21. The summed E-state index contributed by atoms with van der Waals surface area (Å²) in [7, 11) is 0. The van der Waals surface area contributed by atoms with E-state index in [1.807, 2.05) is 31.2 Å². The number of hydrogen-bond acceptors (Lipinski definition) is 4. The molecule has 0 radical (unpaired) electrons. The quantitative estimate of drug-likeness (QED) is 0.740. The summed E-state index contributed by atoms with van der Waals surface area (Å²) in [6.07, 6.45) is 3.20. The van der Waals surface area contributed by atoms with Crippen molar-refractivity contribution in [1.29, 1.82) is 5.26 Å². The summed E-state index contributed by atoms with van der Waals surface area (Å²) in [6, 6.07) is 9.72. The Hall–Kier alpha value is -1.86. The second kappa shape index (κ2) is 4.77. The molecular formula is C12H9N3S. The van der Waals surface area contributed by atoms with E-state index < -0.39 is 0 Å². The lowest BCUT2D eigenvalue weighted by atomic mass is 10.1. The average molecular weight is 227 g/mol. The third-order valence-electron chi connectivity index (χ3n) is 2.09. The van der Waals surface area contributed by atoms with Crippen LogP contribution in [0.4, 0.5) is 0 Å². The van der Waals surface area contributed by atoms with Crippen molar-refractivity contribution in [3.05, 3.63) is 47.9 Å². The largest absolute Gasteiger partial charge is 0.245 e. The molecule has 3 nitrogen and oxygen atoms in total. The van der Waals surface area contributed by atoms with Crippen LogP contribution in [0, 0.1) is 18.3 Å². The first kappa shape index (κ1) is 10.7. The number of aryl methyl sites for hydroxylation is 1. The van der Waals surface area contributed by atoms with Crippen molar-refractivity contribution in [2.75, 3.05) is 0 Å². The first-order chi connectivity index (χ1) is 7.81. The Morgan fingerprint density at radius 2 is 2.19 bits per heavy atom. The molecule has 2 aromatic rings. The van der Waals surface area contributed by atoms with Crippen LogP contribution in [-0.4, -0.2) is 9.97 Å². The second-order valence-electron chi connectivity index (χ2n) is 3.21. The number of rotatable bonds is 2. The fraction of sp³-hybridized carbons (Fsp3) is 0.0833. The van der Waals surface area contributed by atoms with Gasteiger partial charge in [-0.15, -0.1) is 0 Å². The van der Waals surface area contributed by atoms with E-state index in [0.29, 0.717) is 5.56 Å². The molecule has 4 heteroatoms. The van der Waals surface area contributed by atoms with E-state index in [1.165, 1.54) is 18.1 Å². The number of aromatic nitrogens is 2. The molecule has 0 spiro atoms. The van der Waals surface area contributed by atoms with Crippen molar-refractivity contribution in [2.24, 2.45) is 0 Å². The Labute approximate surface area is 98.2 Å². The topological polar surface area (TPSA) is 49.6 Å². The highest BCUT2D eigenvalue weighted by Gasteiger charge is 2.07. The first-order valence-electron chi connectivity index (χ1n) is 4.75. The van der Waals surface area contributed by atoms with E-state index >= 15 is 0 Å². The maximum absolute atomic E-state index is 9.02. The Morgan fingerprint density at radius 3 is 2.88 bits per heavy atom. The van der Waals surface area contributed by atoms with Crippen LogP contribution in [0.25, 0.3) is 0 Å². The standard InChI is InChI=1S/C12H9N3S/c1-9-3-2-4-10(7-13)12(9)16-11-5-6-14-8-15-11/h2-6,8H,1H3. The van der Waals surface area contributed by atoms with Crippen LogP contribution in [0.3, 0.4) is 0 Å². The molecule has 0 atom stereocenters. The van der Waals surface area contributed by atoms with E-state index in [1.54, 1.807) is 6.20 Å². The molecule has 0 aliphatic carbocycles. The molecule has 16 heavy (non-hydrogen) atoms. The summed E-state index contributed by atoms with van der Waals surface area (Å²) in [5, 5.41) is 9.87. The highest BCUT2D eigenvalue weighted by molar-refractivity contribution is 7.99. The predicted octanol–water partition coefficient (Wildman–Crippen LogP) is 2.81. The second-order valence-corrected chi connectivity index (χ2v) is 4.24. The molecule has 0 unspecified atom stereocenters. The number of nitriles is 1. The van der Waals surface area contributed by atoms with E-state index in [4.69, 9.17) is 5.26 Å². The third-order valence-corrected chi connectivity index (χ3v) is 3.29. The van der Waals surface area contributed by atoms with Crippen LogP contribution >= 0.6 is 11.8 Å². The van der Waals surface area contributed by atoms with E-state index in [-0.39, 0.29) is 0 Å². The van der Waals surface area contributed by atoms with Gasteiger partial charge in [0.1, 0.15) is 17.4 Å². The molecule has 0 saturated carbocycles. The van der Waals surface area contributed by atoms with Gasteiger partial charge in [-0.3, -0.25) is 0 Å². The van der Waals surface area contributed by atoms with E-state index in [2.05, 4.69) is 16.0 Å². The van der Waals surface area contributed by atoms with Gasteiger partial charge in [-0.2, -0.15) is 5.26 Å². The van der Waals surface area contributed by atoms with Gasteiger partial charge >= 0.3 is 0 Å². The summed E-state index contributed by atoms with van der Waals surface area (Å²) in [5.74, 6) is 0. The highest BCUT2D eigenvalue weighted by atomic mass is 32.2. The van der Waals surface area contributed by atoms with Crippen LogP contribution in [0.2, 0.25) is 0 Å². The normalized spacial score (nSPS) is 9.75. The molecule has 0 aliphatic rings. The highest BCUT2D eigenvalue weighted by Crippen LogP contribution is 2.31. The van der Waals surface area contributed by atoms with Crippen LogP contribution < -0.4 is 0 Å². The Kier molecular flexibility index (Phi) is 3.18. The maximum atomic E-state index is 9.02. The fourth-order valence-electron chi connectivity index (χ4n) is 1.32. The minimum Gasteiger partial charge on any atom is -0.245 e. The van der Waals surface area contributed by atoms with Crippen molar-refractivity contribution in [1.82, 2.24) is 9.97 Å². The van der Waals surface area contributed by atoms with Gasteiger partial charge in [0.15, 0.2) is 0 Å². The molecule has 78 valence electrons. The summed E-state index contributed by atoms with van der Waals surface area (Å²) in [4.78, 5) is 8.96. The lowest BCUT2D eigenvalue weighted by Crippen LogP contribution is -1.87. The minimum absolute atomic E-state index is 0.684. The lowest BCUT2D eigenvalue weighted by molar-refractivity contribution is 1.04. The number of nitrogens with zero attached hydrogens (tertiary/aromatic N) is 3. The minimum atomic E-state index is 0.684. The van der Waals surface area contributed by atoms with Crippen molar-refractivity contribution in [3.8, 4) is 6.07 Å². The zero-order valence-electron chi connectivity index (χ0n) is 8.71. The van der Waals surface area contributed by atoms with Crippen LogP contribution in [0.15, 0.2) is 46.7 Å². The molecule has 2 rings (SSSR count). The van der Waals surface area contributed by atoms with Crippen LogP contribution in [0.5, 0.6) is 0 Å². The number of hydrogen-bond donors (Lipinski definition) is 0. The molecule has 0 aliphatic heterocycles. The summed E-state index contributed by atoms with van der Waals surface area (Å²) in [5.41, 5.74) is 1.77. The Morgan fingerprint density at radius 1 is 1.31 bits per heavy atom. The summed E-state index contributed by atoms with van der Waals surface area (Å²) >= 11 is 1.49. The molecule has 0 bridgehead atoms. The molecule has 0 amide bonds.